The van der Waals surface area contributed by atoms with Crippen molar-refractivity contribution in [1.29, 1.82) is 0 Å². The number of rotatable bonds is 5. The molecule has 2 N–H and O–H groups in total. The smallest absolute Gasteiger partial charge is 0.271 e. The molecule has 0 fully saturated rings. The fourth-order valence-electron chi connectivity index (χ4n) is 1.81. The number of carbonyl (C=O) groups is 1. The van der Waals surface area contributed by atoms with Crippen LogP contribution in [0.4, 0.5) is 5.82 Å². The van der Waals surface area contributed by atoms with Crippen LogP contribution in [0, 0.1) is 6.92 Å². The molecule has 0 saturated heterocycles. The van der Waals surface area contributed by atoms with E-state index in [0.717, 1.165) is 12.1 Å². The van der Waals surface area contributed by atoms with Crippen molar-refractivity contribution in [2.24, 2.45) is 0 Å². The molecule has 5 nitrogen and oxygen atoms in total. The monoisotopic (exact) mass is 270 g/mol. The zero-order valence-corrected chi connectivity index (χ0v) is 11.7. The highest BCUT2D eigenvalue weighted by Gasteiger charge is 2.07. The van der Waals surface area contributed by atoms with Crippen molar-refractivity contribution in [3.63, 3.8) is 0 Å². The predicted molar refractivity (Wildman–Crippen MR) is 78.5 cm³/mol. The zero-order valence-electron chi connectivity index (χ0n) is 11.7. The Morgan fingerprint density at radius 3 is 2.75 bits per heavy atom. The van der Waals surface area contributed by atoms with Gasteiger partial charge in [-0.05, 0) is 19.4 Å². The maximum atomic E-state index is 11.9. The summed E-state index contributed by atoms with van der Waals surface area (Å²) in [5, 5.41) is 5.86. The van der Waals surface area contributed by atoms with Gasteiger partial charge >= 0.3 is 0 Å². The Bertz CT molecular complexity index is 581. The average Bonchev–Trinajstić information content (AvgIpc) is 2.46. The molecule has 0 aliphatic heterocycles. The van der Waals surface area contributed by atoms with Gasteiger partial charge in [-0.3, -0.25) is 4.79 Å². The summed E-state index contributed by atoms with van der Waals surface area (Å²) in [5.74, 6) is 0.449. The van der Waals surface area contributed by atoms with Gasteiger partial charge in [0, 0.05) is 13.1 Å². The predicted octanol–water partition coefficient (Wildman–Crippen LogP) is 2.15. The number of nitrogens with one attached hydrogen (secondary N) is 2. The van der Waals surface area contributed by atoms with E-state index in [4.69, 9.17) is 0 Å². The van der Waals surface area contributed by atoms with Gasteiger partial charge in [-0.2, -0.15) is 0 Å². The van der Waals surface area contributed by atoms with E-state index < -0.39 is 0 Å². The Morgan fingerprint density at radius 1 is 1.25 bits per heavy atom. The summed E-state index contributed by atoms with van der Waals surface area (Å²) in [6, 6.07) is 8.02. The van der Waals surface area contributed by atoms with Crippen LogP contribution in [0.25, 0.3) is 0 Å². The number of benzene rings is 1. The second-order valence-corrected chi connectivity index (χ2v) is 4.49. The Hall–Kier alpha value is -2.43. The van der Waals surface area contributed by atoms with Crippen molar-refractivity contribution >= 4 is 11.7 Å². The van der Waals surface area contributed by atoms with Gasteiger partial charge < -0.3 is 10.6 Å². The number of amides is 1. The summed E-state index contributed by atoms with van der Waals surface area (Å²) < 4.78 is 0. The first-order valence-corrected chi connectivity index (χ1v) is 6.58. The molecule has 0 radical (unpaired) electrons. The van der Waals surface area contributed by atoms with Crippen molar-refractivity contribution in [1.82, 2.24) is 15.3 Å². The van der Waals surface area contributed by atoms with Crippen LogP contribution in [-0.2, 0) is 6.54 Å². The van der Waals surface area contributed by atoms with E-state index >= 15 is 0 Å². The van der Waals surface area contributed by atoms with Crippen LogP contribution in [0.15, 0.2) is 36.7 Å². The van der Waals surface area contributed by atoms with Crippen LogP contribution >= 0.6 is 0 Å². The van der Waals surface area contributed by atoms with Gasteiger partial charge in [0.15, 0.2) is 0 Å². The Morgan fingerprint density at radius 2 is 2.10 bits per heavy atom. The Kier molecular flexibility index (Phi) is 4.65. The fourth-order valence-corrected chi connectivity index (χ4v) is 1.81. The quantitative estimate of drug-likeness (QED) is 0.873. The highest BCUT2D eigenvalue weighted by Crippen LogP contribution is 2.04. The first-order valence-electron chi connectivity index (χ1n) is 6.58. The fraction of sp³-hybridized carbons (Fsp3) is 0.267. The van der Waals surface area contributed by atoms with Gasteiger partial charge in [-0.25, -0.2) is 9.97 Å². The van der Waals surface area contributed by atoms with E-state index in [2.05, 4.69) is 20.6 Å². The van der Waals surface area contributed by atoms with Crippen molar-refractivity contribution in [2.45, 2.75) is 20.4 Å². The number of aryl methyl sites for hydroxylation is 1. The van der Waals surface area contributed by atoms with Gasteiger partial charge in [0.05, 0.1) is 12.4 Å². The third-order valence-electron chi connectivity index (χ3n) is 2.78. The largest absolute Gasteiger partial charge is 0.369 e. The molecule has 20 heavy (non-hydrogen) atoms. The lowest BCUT2D eigenvalue weighted by atomic mass is 10.1. The molecule has 2 rings (SSSR count). The molecule has 104 valence electrons. The molecule has 1 heterocycles. The van der Waals surface area contributed by atoms with Crippen LogP contribution in [-0.4, -0.2) is 22.4 Å². The van der Waals surface area contributed by atoms with E-state index in [-0.39, 0.29) is 5.91 Å². The van der Waals surface area contributed by atoms with Crippen molar-refractivity contribution in [3.05, 3.63) is 53.5 Å². The van der Waals surface area contributed by atoms with Crippen LogP contribution in [0.5, 0.6) is 0 Å². The summed E-state index contributed by atoms with van der Waals surface area (Å²) in [6.07, 6.45) is 3.04. The number of nitrogens with zero attached hydrogens (tertiary/aromatic N) is 2. The maximum Gasteiger partial charge on any atom is 0.271 e. The SMILES string of the molecule is CCNc1cnc(C(=O)NCc2cccc(C)c2)cn1. The van der Waals surface area contributed by atoms with E-state index in [0.29, 0.717) is 18.1 Å². The standard InChI is InChI=1S/C15H18N4O/c1-3-16-14-10-17-13(9-18-14)15(20)19-8-12-6-4-5-11(2)7-12/h4-7,9-10H,3,8H2,1-2H3,(H,16,18)(H,19,20). The molecule has 2 aromatic rings. The number of aromatic nitrogens is 2. The molecular weight excluding hydrogens is 252 g/mol. The van der Waals surface area contributed by atoms with E-state index in [1.165, 1.54) is 11.8 Å². The van der Waals surface area contributed by atoms with Gasteiger partial charge in [0.2, 0.25) is 0 Å². The molecule has 1 aromatic carbocycles. The second kappa shape index (κ2) is 6.65. The van der Waals surface area contributed by atoms with Crippen LogP contribution in [0.3, 0.4) is 0 Å². The van der Waals surface area contributed by atoms with Crippen LogP contribution in [0.2, 0.25) is 0 Å². The molecule has 0 aliphatic carbocycles. The van der Waals surface area contributed by atoms with Gasteiger partial charge in [-0.15, -0.1) is 0 Å². The number of anilines is 1. The lowest BCUT2D eigenvalue weighted by Crippen LogP contribution is -2.24. The molecule has 1 aromatic heterocycles. The molecule has 5 heteroatoms. The normalized spacial score (nSPS) is 10.1. The lowest BCUT2D eigenvalue weighted by Gasteiger charge is -2.06. The first-order chi connectivity index (χ1) is 9.69. The minimum absolute atomic E-state index is 0.220. The van der Waals surface area contributed by atoms with E-state index in [1.807, 2.05) is 38.1 Å². The summed E-state index contributed by atoms with van der Waals surface area (Å²) in [5.41, 5.74) is 2.56. The average molecular weight is 270 g/mol. The highest BCUT2D eigenvalue weighted by molar-refractivity contribution is 5.91. The summed E-state index contributed by atoms with van der Waals surface area (Å²) in [6.45, 7) is 5.26. The Balaban J connectivity index is 1.94. The van der Waals surface area contributed by atoms with Crippen molar-refractivity contribution in [2.75, 3.05) is 11.9 Å². The zero-order chi connectivity index (χ0) is 14.4. The Labute approximate surface area is 118 Å². The summed E-state index contributed by atoms with van der Waals surface area (Å²) >= 11 is 0. The number of carbonyl (C=O) groups excluding carboxylic acids is 1. The third kappa shape index (κ3) is 3.78. The molecule has 0 spiro atoms. The molecule has 0 atom stereocenters. The minimum atomic E-state index is -0.220. The second-order valence-electron chi connectivity index (χ2n) is 4.49. The molecule has 0 saturated carbocycles. The van der Waals surface area contributed by atoms with Crippen molar-refractivity contribution < 1.29 is 4.79 Å². The lowest BCUT2D eigenvalue weighted by molar-refractivity contribution is 0.0945. The maximum absolute atomic E-state index is 11.9. The van der Waals surface area contributed by atoms with Crippen LogP contribution in [0.1, 0.15) is 28.5 Å². The van der Waals surface area contributed by atoms with E-state index in [1.54, 1.807) is 6.20 Å². The minimum Gasteiger partial charge on any atom is -0.369 e. The highest BCUT2D eigenvalue weighted by atomic mass is 16.1. The molecule has 0 bridgehead atoms. The molecule has 0 aliphatic rings. The first kappa shape index (κ1) is 14.0. The molecule has 1 amide bonds. The topological polar surface area (TPSA) is 66.9 Å². The van der Waals surface area contributed by atoms with Crippen LogP contribution < -0.4 is 10.6 Å². The molecule has 0 unspecified atom stereocenters. The molecular formula is C15H18N4O. The van der Waals surface area contributed by atoms with E-state index in [9.17, 15) is 4.79 Å². The summed E-state index contributed by atoms with van der Waals surface area (Å²) in [4.78, 5) is 20.2. The number of hydrogen-bond acceptors (Lipinski definition) is 4. The van der Waals surface area contributed by atoms with Gasteiger partial charge in [0.1, 0.15) is 11.5 Å². The number of hydrogen-bond donors (Lipinski definition) is 2. The van der Waals surface area contributed by atoms with Crippen molar-refractivity contribution in [3.8, 4) is 0 Å². The van der Waals surface area contributed by atoms with Gasteiger partial charge in [0.25, 0.3) is 5.91 Å². The third-order valence-corrected chi connectivity index (χ3v) is 2.78. The summed E-state index contributed by atoms with van der Waals surface area (Å²) in [7, 11) is 0. The van der Waals surface area contributed by atoms with Gasteiger partial charge in [-0.1, -0.05) is 29.8 Å².